The molecule has 0 aromatic rings. The highest BCUT2D eigenvalue weighted by Gasteiger charge is 2.37. The highest BCUT2D eigenvalue weighted by molar-refractivity contribution is 5.89. The Labute approximate surface area is 103 Å². The average molecular weight is 238 g/mol. The first kappa shape index (κ1) is 12.4. The van der Waals surface area contributed by atoms with E-state index in [1.807, 2.05) is 11.8 Å². The molecule has 0 aromatic heterocycles. The maximum Gasteiger partial charge on any atom is 0.225 e. The van der Waals surface area contributed by atoms with Gasteiger partial charge in [0.15, 0.2) is 0 Å². The normalized spacial score (nSPS) is 26.3. The van der Waals surface area contributed by atoms with Gasteiger partial charge in [-0.2, -0.15) is 0 Å². The van der Waals surface area contributed by atoms with E-state index in [9.17, 15) is 9.59 Å². The molecule has 96 valence electrons. The van der Waals surface area contributed by atoms with Gasteiger partial charge in [0.1, 0.15) is 0 Å². The van der Waals surface area contributed by atoms with Crippen LogP contribution in [-0.2, 0) is 9.59 Å². The van der Waals surface area contributed by atoms with Gasteiger partial charge in [-0.25, -0.2) is 0 Å². The number of hydrogen-bond acceptors (Lipinski definition) is 2. The fraction of sp³-hybridized carbons (Fsp3) is 0.846. The number of hydrogen-bond donors (Lipinski definition) is 1. The number of nitrogens with one attached hydrogen (secondary N) is 1. The molecule has 2 aliphatic rings. The zero-order chi connectivity index (χ0) is 12.3. The quantitative estimate of drug-likeness (QED) is 0.805. The fourth-order valence-electron chi connectivity index (χ4n) is 2.97. The summed E-state index contributed by atoms with van der Waals surface area (Å²) in [6, 6.07) is 0.399. The fourth-order valence-corrected chi connectivity index (χ4v) is 2.97. The van der Waals surface area contributed by atoms with Gasteiger partial charge in [-0.3, -0.25) is 9.59 Å². The minimum Gasteiger partial charge on any atom is -0.356 e. The molecule has 1 saturated heterocycles. The van der Waals surface area contributed by atoms with Crippen LogP contribution in [-0.4, -0.2) is 35.8 Å². The molecule has 0 bridgehead atoms. The summed E-state index contributed by atoms with van der Waals surface area (Å²) in [7, 11) is 0. The third kappa shape index (κ3) is 2.79. The first-order valence-electron chi connectivity index (χ1n) is 6.79. The first-order chi connectivity index (χ1) is 8.22. The largest absolute Gasteiger partial charge is 0.356 e. The van der Waals surface area contributed by atoms with E-state index in [0.29, 0.717) is 25.6 Å². The monoisotopic (exact) mass is 238 g/mol. The van der Waals surface area contributed by atoms with Gasteiger partial charge in [0.25, 0.3) is 0 Å². The van der Waals surface area contributed by atoms with Crippen LogP contribution >= 0.6 is 0 Å². The highest BCUT2D eigenvalue weighted by Crippen LogP contribution is 2.28. The molecule has 1 N–H and O–H groups in total. The smallest absolute Gasteiger partial charge is 0.225 e. The Hall–Kier alpha value is -1.06. The number of carbonyl (C=O) groups excluding carboxylic acids is 2. The molecule has 2 rings (SSSR count). The zero-order valence-electron chi connectivity index (χ0n) is 10.6. The molecule has 0 radical (unpaired) electrons. The van der Waals surface area contributed by atoms with E-state index in [0.717, 1.165) is 12.8 Å². The second kappa shape index (κ2) is 5.52. The predicted octanol–water partition coefficient (Wildman–Crippen LogP) is 1.30. The second-order valence-electron chi connectivity index (χ2n) is 5.13. The van der Waals surface area contributed by atoms with Crippen molar-refractivity contribution in [2.45, 2.75) is 51.5 Å². The van der Waals surface area contributed by atoms with Crippen molar-refractivity contribution in [3.8, 4) is 0 Å². The van der Waals surface area contributed by atoms with E-state index in [4.69, 9.17) is 0 Å². The van der Waals surface area contributed by atoms with Crippen LogP contribution in [0.3, 0.4) is 0 Å². The van der Waals surface area contributed by atoms with E-state index < -0.39 is 0 Å². The lowest BCUT2D eigenvalue weighted by Gasteiger charge is -2.31. The molecule has 4 heteroatoms. The van der Waals surface area contributed by atoms with Gasteiger partial charge in [0.05, 0.1) is 5.92 Å². The van der Waals surface area contributed by atoms with Crippen LogP contribution in [0.1, 0.15) is 45.4 Å². The summed E-state index contributed by atoms with van der Waals surface area (Å²) < 4.78 is 0. The van der Waals surface area contributed by atoms with Crippen molar-refractivity contribution in [1.82, 2.24) is 10.2 Å². The van der Waals surface area contributed by atoms with E-state index in [1.165, 1.54) is 19.3 Å². The maximum absolute atomic E-state index is 11.9. The lowest BCUT2D eigenvalue weighted by Crippen LogP contribution is -2.39. The summed E-state index contributed by atoms with van der Waals surface area (Å²) in [5.41, 5.74) is 0. The van der Waals surface area contributed by atoms with E-state index in [-0.39, 0.29) is 17.7 Å². The summed E-state index contributed by atoms with van der Waals surface area (Å²) in [5, 5.41) is 2.81. The number of rotatable bonds is 3. The first-order valence-corrected chi connectivity index (χ1v) is 6.79. The van der Waals surface area contributed by atoms with Gasteiger partial charge in [-0.15, -0.1) is 0 Å². The van der Waals surface area contributed by atoms with Crippen molar-refractivity contribution in [3.05, 3.63) is 0 Å². The van der Waals surface area contributed by atoms with Crippen LogP contribution in [0.15, 0.2) is 0 Å². The van der Waals surface area contributed by atoms with Gasteiger partial charge < -0.3 is 10.2 Å². The van der Waals surface area contributed by atoms with Crippen molar-refractivity contribution in [1.29, 1.82) is 0 Å². The van der Waals surface area contributed by atoms with Gasteiger partial charge in [0, 0.05) is 25.6 Å². The Morgan fingerprint density at radius 2 is 2.06 bits per heavy atom. The van der Waals surface area contributed by atoms with E-state index in [2.05, 4.69) is 5.32 Å². The minimum absolute atomic E-state index is 0.0409. The van der Waals surface area contributed by atoms with Crippen LogP contribution in [0.5, 0.6) is 0 Å². The molecule has 1 atom stereocenters. The van der Waals surface area contributed by atoms with Crippen molar-refractivity contribution in [2.24, 2.45) is 5.92 Å². The number of amides is 2. The van der Waals surface area contributed by atoms with Crippen LogP contribution in [0.4, 0.5) is 0 Å². The lowest BCUT2D eigenvalue weighted by atomic mass is 9.94. The van der Waals surface area contributed by atoms with Gasteiger partial charge in [0.2, 0.25) is 11.8 Å². The second-order valence-corrected chi connectivity index (χ2v) is 5.13. The van der Waals surface area contributed by atoms with Crippen LogP contribution < -0.4 is 5.32 Å². The van der Waals surface area contributed by atoms with Crippen LogP contribution in [0.2, 0.25) is 0 Å². The van der Waals surface area contributed by atoms with E-state index >= 15 is 0 Å². The summed E-state index contributed by atoms with van der Waals surface area (Å²) in [5.74, 6) is 0.0942. The van der Waals surface area contributed by atoms with Crippen LogP contribution in [0, 0.1) is 5.92 Å². The van der Waals surface area contributed by atoms with Crippen molar-refractivity contribution >= 4 is 11.8 Å². The molecule has 1 saturated carbocycles. The molecular formula is C13H22N2O2. The number of likely N-dealkylation sites (tertiary alicyclic amines) is 1. The molecule has 0 unspecified atom stereocenters. The van der Waals surface area contributed by atoms with Crippen molar-refractivity contribution in [2.75, 3.05) is 13.1 Å². The molecular weight excluding hydrogens is 216 g/mol. The third-order valence-corrected chi connectivity index (χ3v) is 3.90. The topological polar surface area (TPSA) is 49.4 Å². The Morgan fingerprint density at radius 1 is 1.35 bits per heavy atom. The Morgan fingerprint density at radius 3 is 2.71 bits per heavy atom. The number of carbonyl (C=O) groups is 2. The molecule has 17 heavy (non-hydrogen) atoms. The van der Waals surface area contributed by atoms with Gasteiger partial charge in [-0.05, 0) is 19.8 Å². The summed E-state index contributed by atoms with van der Waals surface area (Å²) >= 11 is 0. The molecule has 1 aliphatic carbocycles. The Balaban J connectivity index is 1.92. The summed E-state index contributed by atoms with van der Waals surface area (Å²) in [6.45, 7) is 3.19. The van der Waals surface area contributed by atoms with Crippen LogP contribution in [0.25, 0.3) is 0 Å². The van der Waals surface area contributed by atoms with Gasteiger partial charge in [-0.1, -0.05) is 19.3 Å². The van der Waals surface area contributed by atoms with Crippen molar-refractivity contribution in [3.63, 3.8) is 0 Å². The highest BCUT2D eigenvalue weighted by atomic mass is 16.2. The molecule has 2 amide bonds. The SMILES string of the molecule is CCNC(=O)[C@@H]1CC(=O)N(C2CCCCC2)C1. The minimum atomic E-state index is -0.121. The molecule has 1 heterocycles. The lowest BCUT2D eigenvalue weighted by molar-refractivity contribution is -0.130. The number of nitrogens with zero attached hydrogens (tertiary/aromatic N) is 1. The zero-order valence-corrected chi connectivity index (χ0v) is 10.6. The molecule has 4 nitrogen and oxygen atoms in total. The predicted molar refractivity (Wildman–Crippen MR) is 65.4 cm³/mol. The summed E-state index contributed by atoms with van der Waals surface area (Å²) in [4.78, 5) is 25.6. The van der Waals surface area contributed by atoms with E-state index in [1.54, 1.807) is 0 Å². The average Bonchev–Trinajstić information content (AvgIpc) is 2.73. The molecule has 0 spiro atoms. The third-order valence-electron chi connectivity index (χ3n) is 3.90. The molecule has 0 aromatic carbocycles. The molecule has 2 fully saturated rings. The standard InChI is InChI=1S/C13H22N2O2/c1-2-14-13(17)10-8-12(16)15(9-10)11-6-4-3-5-7-11/h10-11H,2-9H2,1H3,(H,14,17)/t10-/m1/s1. The van der Waals surface area contributed by atoms with Crippen molar-refractivity contribution < 1.29 is 9.59 Å². The Bertz CT molecular complexity index is 298. The van der Waals surface area contributed by atoms with Gasteiger partial charge >= 0.3 is 0 Å². The maximum atomic E-state index is 11.9. The Kier molecular flexibility index (Phi) is 4.02. The summed E-state index contributed by atoms with van der Waals surface area (Å²) in [6.07, 6.45) is 6.38. The molecule has 1 aliphatic heterocycles.